The molecule has 7 heteroatoms. The van der Waals surface area contributed by atoms with Crippen LogP contribution in [0.5, 0.6) is 11.5 Å². The average Bonchev–Trinajstić information content (AvgIpc) is 2.80. The van der Waals surface area contributed by atoms with Gasteiger partial charge >= 0.3 is 0 Å². The first kappa shape index (κ1) is 23.1. The van der Waals surface area contributed by atoms with E-state index in [0.29, 0.717) is 0 Å². The van der Waals surface area contributed by atoms with Crippen LogP contribution in [0.4, 0.5) is 0 Å². The van der Waals surface area contributed by atoms with E-state index in [9.17, 15) is 9.90 Å². The predicted molar refractivity (Wildman–Crippen MR) is 116 cm³/mol. The minimum Gasteiger partial charge on any atom is -0.497 e. The van der Waals surface area contributed by atoms with Crippen molar-refractivity contribution < 1.29 is 28.8 Å². The molecule has 1 amide bonds. The van der Waals surface area contributed by atoms with E-state index in [1.54, 1.807) is 33.0 Å². The smallest absolute Gasteiger partial charge is 0.234 e. The van der Waals surface area contributed by atoms with Crippen LogP contribution in [0.2, 0.25) is 0 Å². The number of β-lactam (4-membered cyclic amide) rings is 1. The Bertz CT molecular complexity index is 828. The first-order chi connectivity index (χ1) is 14.8. The van der Waals surface area contributed by atoms with Crippen molar-refractivity contribution >= 4 is 5.91 Å². The zero-order valence-corrected chi connectivity index (χ0v) is 18.9. The summed E-state index contributed by atoms with van der Waals surface area (Å²) < 4.78 is 21.6. The molecular weight excluding hydrogens is 398 g/mol. The molecule has 1 aliphatic heterocycles. The maximum atomic E-state index is 13.5. The average molecular weight is 430 g/mol. The van der Waals surface area contributed by atoms with E-state index in [0.717, 1.165) is 22.6 Å². The van der Waals surface area contributed by atoms with Crippen LogP contribution in [0.3, 0.4) is 0 Å². The molecule has 1 aliphatic rings. The quantitative estimate of drug-likeness (QED) is 0.488. The molecule has 1 N–H and O–H groups in total. The summed E-state index contributed by atoms with van der Waals surface area (Å²) >= 11 is 0. The van der Waals surface area contributed by atoms with Gasteiger partial charge in [-0.1, -0.05) is 24.3 Å². The van der Waals surface area contributed by atoms with Gasteiger partial charge in [-0.25, -0.2) is 0 Å². The van der Waals surface area contributed by atoms with E-state index in [1.165, 1.54) is 14.2 Å². The SMILES string of the molecule is COc1ccc(C(c2ccc(OC)cc2)N2C(=O)[C@@H](C(C)(OC)OC)[C@@H]2[C@H](C)O)cc1. The molecule has 0 radical (unpaired) electrons. The predicted octanol–water partition coefficient (Wildman–Crippen LogP) is 3.01. The number of aliphatic hydroxyl groups excluding tert-OH is 1. The number of hydrogen-bond acceptors (Lipinski definition) is 6. The minimum absolute atomic E-state index is 0.145. The van der Waals surface area contributed by atoms with Crippen molar-refractivity contribution in [1.29, 1.82) is 0 Å². The Labute approximate surface area is 183 Å². The Balaban J connectivity index is 2.08. The van der Waals surface area contributed by atoms with Crippen molar-refractivity contribution in [2.24, 2.45) is 5.92 Å². The molecule has 3 atom stereocenters. The van der Waals surface area contributed by atoms with Crippen LogP contribution in [0.15, 0.2) is 48.5 Å². The number of rotatable bonds is 9. The van der Waals surface area contributed by atoms with Gasteiger partial charge in [0.2, 0.25) is 5.91 Å². The molecule has 0 saturated carbocycles. The second kappa shape index (κ2) is 9.26. The summed E-state index contributed by atoms with van der Waals surface area (Å²) in [7, 11) is 6.23. The minimum atomic E-state index is -1.14. The van der Waals surface area contributed by atoms with Crippen molar-refractivity contribution in [3.63, 3.8) is 0 Å². The van der Waals surface area contributed by atoms with Gasteiger partial charge in [-0.15, -0.1) is 0 Å². The lowest BCUT2D eigenvalue weighted by atomic mass is 9.75. The summed E-state index contributed by atoms with van der Waals surface area (Å²) in [6.45, 7) is 3.40. The highest BCUT2D eigenvalue weighted by atomic mass is 16.7. The largest absolute Gasteiger partial charge is 0.497 e. The number of benzene rings is 2. The van der Waals surface area contributed by atoms with Gasteiger partial charge in [0.05, 0.1) is 32.4 Å². The molecule has 2 aromatic rings. The molecule has 0 unspecified atom stereocenters. The number of aliphatic hydroxyl groups is 1. The first-order valence-corrected chi connectivity index (χ1v) is 10.2. The topological polar surface area (TPSA) is 77.5 Å². The number of amides is 1. The van der Waals surface area contributed by atoms with Gasteiger partial charge in [0.25, 0.3) is 0 Å². The normalized spacial score (nSPS) is 19.9. The van der Waals surface area contributed by atoms with E-state index in [1.807, 2.05) is 48.5 Å². The fraction of sp³-hybridized carbons (Fsp3) is 0.458. The van der Waals surface area contributed by atoms with Gasteiger partial charge in [-0.2, -0.15) is 0 Å². The van der Waals surface area contributed by atoms with Gasteiger partial charge in [-0.3, -0.25) is 4.79 Å². The van der Waals surface area contributed by atoms with E-state index in [2.05, 4.69) is 0 Å². The lowest BCUT2D eigenvalue weighted by Crippen LogP contribution is -2.72. The molecule has 3 rings (SSSR count). The molecule has 168 valence electrons. The molecule has 7 nitrogen and oxygen atoms in total. The van der Waals surface area contributed by atoms with Crippen LogP contribution in [-0.4, -0.2) is 62.3 Å². The lowest BCUT2D eigenvalue weighted by Gasteiger charge is -2.56. The number of carbonyl (C=O) groups excluding carboxylic acids is 1. The highest BCUT2D eigenvalue weighted by Gasteiger charge is 2.61. The van der Waals surface area contributed by atoms with Crippen LogP contribution in [0.1, 0.15) is 31.0 Å². The number of carbonyl (C=O) groups is 1. The fourth-order valence-corrected chi connectivity index (χ4v) is 4.30. The summed E-state index contributed by atoms with van der Waals surface area (Å²) in [5, 5.41) is 10.6. The zero-order chi connectivity index (χ0) is 22.8. The highest BCUT2D eigenvalue weighted by Crippen LogP contribution is 2.46. The van der Waals surface area contributed by atoms with Crippen molar-refractivity contribution in [2.75, 3.05) is 28.4 Å². The van der Waals surface area contributed by atoms with Crippen LogP contribution in [0.25, 0.3) is 0 Å². The molecule has 0 aromatic heterocycles. The van der Waals surface area contributed by atoms with E-state index < -0.39 is 29.9 Å². The second-order valence-corrected chi connectivity index (χ2v) is 7.83. The highest BCUT2D eigenvalue weighted by molar-refractivity contribution is 5.88. The molecule has 1 saturated heterocycles. The molecule has 2 aromatic carbocycles. The number of methoxy groups -OCH3 is 4. The summed E-state index contributed by atoms with van der Waals surface area (Å²) in [5.74, 6) is -0.471. The van der Waals surface area contributed by atoms with Crippen LogP contribution in [0, 0.1) is 5.92 Å². The third-order valence-corrected chi connectivity index (χ3v) is 6.19. The number of likely N-dealkylation sites (tertiary alicyclic amines) is 1. The van der Waals surface area contributed by atoms with E-state index in [4.69, 9.17) is 18.9 Å². The van der Waals surface area contributed by atoms with Crippen molar-refractivity contribution in [3.8, 4) is 11.5 Å². The van der Waals surface area contributed by atoms with E-state index in [-0.39, 0.29) is 5.91 Å². The molecule has 31 heavy (non-hydrogen) atoms. The summed E-state index contributed by atoms with van der Waals surface area (Å²) in [6.07, 6.45) is -0.786. The Morgan fingerprint density at radius 1 is 0.871 bits per heavy atom. The maximum absolute atomic E-state index is 13.5. The molecule has 1 fully saturated rings. The van der Waals surface area contributed by atoms with Crippen LogP contribution >= 0.6 is 0 Å². The second-order valence-electron chi connectivity index (χ2n) is 7.83. The Morgan fingerprint density at radius 3 is 1.61 bits per heavy atom. The fourth-order valence-electron chi connectivity index (χ4n) is 4.30. The van der Waals surface area contributed by atoms with Crippen LogP contribution < -0.4 is 9.47 Å². The molecule has 0 bridgehead atoms. The van der Waals surface area contributed by atoms with E-state index >= 15 is 0 Å². The van der Waals surface area contributed by atoms with Crippen molar-refractivity contribution in [3.05, 3.63) is 59.7 Å². The Morgan fingerprint density at radius 2 is 1.29 bits per heavy atom. The lowest BCUT2D eigenvalue weighted by molar-refractivity contribution is -0.266. The molecule has 0 spiro atoms. The number of nitrogens with zero attached hydrogens (tertiary/aromatic N) is 1. The molecular formula is C24H31NO6. The van der Waals surface area contributed by atoms with Gasteiger partial charge < -0.3 is 29.0 Å². The third kappa shape index (κ3) is 4.13. The Hall–Kier alpha value is -2.61. The molecule has 1 heterocycles. The number of hydrogen-bond donors (Lipinski definition) is 1. The summed E-state index contributed by atoms with van der Waals surface area (Å²) in [6, 6.07) is 14.3. The molecule has 0 aliphatic carbocycles. The van der Waals surface area contributed by atoms with Crippen molar-refractivity contribution in [2.45, 2.75) is 37.8 Å². The van der Waals surface area contributed by atoms with Gasteiger partial charge in [0.15, 0.2) is 5.79 Å². The van der Waals surface area contributed by atoms with Gasteiger partial charge in [-0.05, 0) is 49.2 Å². The maximum Gasteiger partial charge on any atom is 0.234 e. The third-order valence-electron chi connectivity index (χ3n) is 6.19. The monoisotopic (exact) mass is 429 g/mol. The van der Waals surface area contributed by atoms with Gasteiger partial charge in [0, 0.05) is 14.2 Å². The van der Waals surface area contributed by atoms with Crippen molar-refractivity contribution in [1.82, 2.24) is 4.90 Å². The van der Waals surface area contributed by atoms with Gasteiger partial charge in [0.1, 0.15) is 17.4 Å². The number of ether oxygens (including phenoxy) is 4. The first-order valence-electron chi connectivity index (χ1n) is 10.2. The Kier molecular flexibility index (Phi) is 6.89. The zero-order valence-electron chi connectivity index (χ0n) is 18.9. The van der Waals surface area contributed by atoms with Crippen LogP contribution in [-0.2, 0) is 14.3 Å². The summed E-state index contributed by atoms with van der Waals surface area (Å²) in [5.41, 5.74) is 1.81. The standard InChI is InChI=1S/C24H31NO6/c1-15(26)21-20(24(2,30-5)31-6)23(27)25(21)22(16-7-11-18(28-3)12-8-16)17-9-13-19(29-4)14-10-17/h7-15,20-22,26H,1-6H3/t15-,20-,21-/m0/s1. The summed E-state index contributed by atoms with van der Waals surface area (Å²) in [4.78, 5) is 15.2.